The molecule has 2 N–H and O–H groups in total. The monoisotopic (exact) mass is 348 g/mol. The van der Waals surface area contributed by atoms with Crippen molar-refractivity contribution in [3.8, 4) is 0 Å². The minimum Gasteiger partial charge on any atom is -0.450 e. The van der Waals surface area contributed by atoms with Crippen molar-refractivity contribution in [2.45, 2.75) is 50.3 Å². The second kappa shape index (κ2) is 7.61. The minimum atomic E-state index is -3.34. The van der Waals surface area contributed by atoms with Crippen LogP contribution < -0.4 is 5.73 Å². The number of ether oxygens (including phenoxy) is 1. The predicted octanol–water partition coefficient (Wildman–Crippen LogP) is 1.81. The lowest BCUT2D eigenvalue weighted by molar-refractivity contribution is 0.0862. The number of amides is 1. The second-order valence-electron chi connectivity index (χ2n) is 6.94. The van der Waals surface area contributed by atoms with Gasteiger partial charge in [0.05, 0.1) is 6.61 Å². The van der Waals surface area contributed by atoms with Crippen LogP contribution in [0.25, 0.3) is 0 Å². The minimum absolute atomic E-state index is 0.194. The fourth-order valence-electron chi connectivity index (χ4n) is 1.79. The van der Waals surface area contributed by atoms with Gasteiger partial charge in [-0.2, -0.15) is 0 Å². The number of likely N-dealkylation sites (tertiary alicyclic amines) is 1. The number of nitrogens with zero attached hydrogens (tertiary/aromatic N) is 1. The van der Waals surface area contributed by atoms with Gasteiger partial charge >= 0.3 is 6.09 Å². The van der Waals surface area contributed by atoms with E-state index in [9.17, 15) is 13.2 Å². The lowest BCUT2D eigenvalue weighted by Crippen LogP contribution is -2.56. The van der Waals surface area contributed by atoms with Crippen molar-refractivity contribution in [3.63, 3.8) is 0 Å². The van der Waals surface area contributed by atoms with Crippen molar-refractivity contribution in [1.82, 2.24) is 4.90 Å². The SMILES string of the molecule is CC[C@H](N)/C=C/S(=O)(=O)C1CN(C(=O)OCC[Si](C)(C)C)C1. The van der Waals surface area contributed by atoms with E-state index in [1.165, 1.54) is 16.4 Å². The molecular formula is C14H28N2O4SSi. The highest BCUT2D eigenvalue weighted by molar-refractivity contribution is 7.95. The molecule has 8 heteroatoms. The average Bonchev–Trinajstić information content (AvgIpc) is 2.32. The van der Waals surface area contributed by atoms with Gasteiger partial charge in [0.1, 0.15) is 5.25 Å². The standard InChI is InChI=1S/C14H28N2O4SSi/c1-5-12(15)6-8-21(18,19)13-10-16(11-13)14(17)20-7-9-22(2,3)4/h6,8,12-13H,5,7,9-11,15H2,1-4H3/b8-6+/t12-/m0/s1. The molecule has 0 aromatic rings. The highest BCUT2D eigenvalue weighted by Gasteiger charge is 2.39. The lowest BCUT2D eigenvalue weighted by atomic mass is 10.2. The van der Waals surface area contributed by atoms with E-state index in [2.05, 4.69) is 19.6 Å². The summed E-state index contributed by atoms with van der Waals surface area (Å²) >= 11 is 0. The molecule has 0 saturated carbocycles. The molecule has 1 heterocycles. The molecule has 0 bridgehead atoms. The average molecular weight is 349 g/mol. The molecule has 1 atom stereocenters. The van der Waals surface area contributed by atoms with Gasteiger partial charge in [0.2, 0.25) is 0 Å². The molecule has 0 spiro atoms. The molecule has 1 aliphatic rings. The summed E-state index contributed by atoms with van der Waals surface area (Å²) in [5.74, 6) is 0. The normalized spacial score (nSPS) is 18.3. The molecule has 1 rings (SSSR count). The van der Waals surface area contributed by atoms with Gasteiger partial charge in [-0.15, -0.1) is 0 Å². The van der Waals surface area contributed by atoms with Gasteiger partial charge < -0.3 is 15.4 Å². The van der Waals surface area contributed by atoms with Crippen LogP contribution in [0.3, 0.4) is 0 Å². The highest BCUT2D eigenvalue weighted by atomic mass is 32.2. The van der Waals surface area contributed by atoms with Gasteiger partial charge in [-0.25, -0.2) is 13.2 Å². The second-order valence-corrected chi connectivity index (χ2v) is 14.7. The Bertz CT molecular complexity index is 507. The number of hydrogen-bond acceptors (Lipinski definition) is 5. The van der Waals surface area contributed by atoms with Gasteiger partial charge in [-0.1, -0.05) is 32.6 Å². The number of hydrogen-bond donors (Lipinski definition) is 1. The number of carbonyl (C=O) groups excluding carboxylic acids is 1. The summed E-state index contributed by atoms with van der Waals surface area (Å²) in [5, 5.41) is 0.636. The Morgan fingerprint density at radius 1 is 1.41 bits per heavy atom. The third kappa shape index (κ3) is 6.10. The third-order valence-corrected chi connectivity index (χ3v) is 7.10. The van der Waals surface area contributed by atoms with E-state index < -0.39 is 29.3 Å². The smallest absolute Gasteiger partial charge is 0.409 e. The van der Waals surface area contributed by atoms with Crippen LogP contribution in [-0.4, -0.2) is 58.5 Å². The summed E-state index contributed by atoms with van der Waals surface area (Å²) in [5.41, 5.74) is 5.67. The fourth-order valence-corrected chi connectivity index (χ4v) is 3.92. The van der Waals surface area contributed by atoms with E-state index in [0.717, 1.165) is 6.04 Å². The molecule has 0 aromatic heterocycles. The Balaban J connectivity index is 2.38. The zero-order valence-corrected chi connectivity index (χ0v) is 15.7. The molecule has 1 amide bonds. The van der Waals surface area contributed by atoms with E-state index in [4.69, 9.17) is 10.5 Å². The lowest BCUT2D eigenvalue weighted by Gasteiger charge is -2.37. The first-order chi connectivity index (χ1) is 10.0. The van der Waals surface area contributed by atoms with Crippen LogP contribution in [0.1, 0.15) is 13.3 Å². The Morgan fingerprint density at radius 3 is 2.50 bits per heavy atom. The molecule has 1 fully saturated rings. The predicted molar refractivity (Wildman–Crippen MR) is 91.2 cm³/mol. The van der Waals surface area contributed by atoms with Crippen LogP contribution in [-0.2, 0) is 14.6 Å². The molecule has 128 valence electrons. The van der Waals surface area contributed by atoms with Gasteiger partial charge in [0.15, 0.2) is 9.84 Å². The van der Waals surface area contributed by atoms with Crippen LogP contribution in [0, 0.1) is 0 Å². The Kier molecular flexibility index (Phi) is 6.63. The Hall–Kier alpha value is -0.863. The summed E-state index contributed by atoms with van der Waals surface area (Å²) in [6, 6.07) is 0.656. The zero-order chi connectivity index (χ0) is 17.0. The summed E-state index contributed by atoms with van der Waals surface area (Å²) in [6.45, 7) is 9.32. The Morgan fingerprint density at radius 2 is 2.00 bits per heavy atom. The topological polar surface area (TPSA) is 89.7 Å². The summed E-state index contributed by atoms with van der Waals surface area (Å²) in [6.07, 6.45) is 1.77. The molecular weight excluding hydrogens is 320 g/mol. The fraction of sp³-hybridized carbons (Fsp3) is 0.786. The van der Waals surface area contributed by atoms with Crippen molar-refractivity contribution in [3.05, 3.63) is 11.5 Å². The van der Waals surface area contributed by atoms with E-state index in [1.54, 1.807) is 0 Å². The van der Waals surface area contributed by atoms with Crippen LogP contribution >= 0.6 is 0 Å². The molecule has 0 unspecified atom stereocenters. The first-order valence-corrected chi connectivity index (χ1v) is 13.0. The van der Waals surface area contributed by atoms with Crippen LogP contribution in [0.2, 0.25) is 25.7 Å². The van der Waals surface area contributed by atoms with E-state index in [1.807, 2.05) is 6.92 Å². The van der Waals surface area contributed by atoms with Crippen molar-refractivity contribution in [2.75, 3.05) is 19.7 Å². The maximum absolute atomic E-state index is 12.0. The summed E-state index contributed by atoms with van der Waals surface area (Å²) < 4.78 is 29.2. The summed E-state index contributed by atoms with van der Waals surface area (Å²) in [4.78, 5) is 13.2. The molecule has 0 radical (unpaired) electrons. The molecule has 6 nitrogen and oxygen atoms in total. The van der Waals surface area contributed by atoms with E-state index >= 15 is 0 Å². The zero-order valence-electron chi connectivity index (χ0n) is 13.9. The van der Waals surface area contributed by atoms with Crippen molar-refractivity contribution in [2.24, 2.45) is 5.73 Å². The van der Waals surface area contributed by atoms with Crippen LogP contribution in [0.4, 0.5) is 4.79 Å². The third-order valence-electron chi connectivity index (χ3n) is 3.64. The molecule has 0 aromatic carbocycles. The van der Waals surface area contributed by atoms with Crippen molar-refractivity contribution >= 4 is 24.0 Å². The van der Waals surface area contributed by atoms with Gasteiger partial charge in [-0.3, -0.25) is 0 Å². The van der Waals surface area contributed by atoms with Gasteiger partial charge in [-0.05, 0) is 12.5 Å². The maximum atomic E-state index is 12.0. The van der Waals surface area contributed by atoms with E-state index in [0.29, 0.717) is 13.0 Å². The number of sulfone groups is 1. The molecule has 1 saturated heterocycles. The molecule has 1 aliphatic heterocycles. The molecule has 0 aliphatic carbocycles. The number of rotatable bonds is 7. The highest BCUT2D eigenvalue weighted by Crippen LogP contribution is 2.19. The summed E-state index contributed by atoms with van der Waals surface area (Å²) in [7, 11) is -4.57. The molecule has 22 heavy (non-hydrogen) atoms. The van der Waals surface area contributed by atoms with Gasteiger partial charge in [0, 0.05) is 32.6 Å². The largest absolute Gasteiger partial charge is 0.450 e. The van der Waals surface area contributed by atoms with Crippen molar-refractivity contribution < 1.29 is 17.9 Å². The first-order valence-electron chi connectivity index (χ1n) is 7.64. The van der Waals surface area contributed by atoms with E-state index in [-0.39, 0.29) is 19.1 Å². The van der Waals surface area contributed by atoms with Crippen molar-refractivity contribution in [1.29, 1.82) is 0 Å². The van der Waals surface area contributed by atoms with Gasteiger partial charge in [0.25, 0.3) is 0 Å². The first kappa shape index (κ1) is 19.2. The van der Waals surface area contributed by atoms with Crippen LogP contribution in [0.5, 0.6) is 0 Å². The number of carbonyl (C=O) groups is 1. The Labute approximate surface area is 134 Å². The van der Waals surface area contributed by atoms with Crippen LogP contribution in [0.15, 0.2) is 11.5 Å². The quantitative estimate of drug-likeness (QED) is 0.709. The maximum Gasteiger partial charge on any atom is 0.409 e. The number of nitrogens with two attached hydrogens (primary N) is 1.